The number of hydrogen-bond donors (Lipinski definition) is 0. The molecule has 4 rings (SSSR count). The molecule has 0 N–H and O–H groups in total. The molecule has 0 bridgehead atoms. The van der Waals surface area contributed by atoms with Gasteiger partial charge in [0.25, 0.3) is 0 Å². The third kappa shape index (κ3) is 2.08. The molecule has 0 amide bonds. The van der Waals surface area contributed by atoms with Gasteiger partial charge < -0.3 is 9.47 Å². The number of ether oxygens (including phenoxy) is 2. The quantitative estimate of drug-likeness (QED) is 0.645. The second kappa shape index (κ2) is 4.98. The van der Waals surface area contributed by atoms with Crippen molar-refractivity contribution >= 4 is 11.6 Å². The lowest BCUT2D eigenvalue weighted by Crippen LogP contribution is -2.14. The van der Waals surface area contributed by atoms with E-state index in [-0.39, 0.29) is 0 Å². The number of ketones is 2. The molecule has 2 aliphatic rings. The summed E-state index contributed by atoms with van der Waals surface area (Å²) in [5.41, 5.74) is 2.82. The lowest BCUT2D eigenvalue weighted by atomic mass is 9.98. The van der Waals surface area contributed by atoms with E-state index in [4.69, 9.17) is 9.47 Å². The smallest absolute Gasteiger partial charge is 0.233 e. The average Bonchev–Trinajstić information content (AvgIpc) is 3.20. The fraction of sp³-hybridized carbons (Fsp3) is 0.222. The zero-order valence-corrected chi connectivity index (χ0v) is 11.9. The molecular formula is C18H14O4. The van der Waals surface area contributed by atoms with Gasteiger partial charge in [-0.25, -0.2) is 0 Å². The van der Waals surface area contributed by atoms with Crippen LogP contribution in [0.3, 0.4) is 0 Å². The number of carbonyl (C=O) groups is 2. The Balaban J connectivity index is 1.63. The van der Waals surface area contributed by atoms with Crippen molar-refractivity contribution in [3.8, 4) is 11.5 Å². The van der Waals surface area contributed by atoms with Crippen molar-refractivity contribution in [2.45, 2.75) is 12.8 Å². The van der Waals surface area contributed by atoms with Crippen molar-refractivity contribution in [2.24, 2.45) is 0 Å². The Hall–Kier alpha value is -2.62. The summed E-state index contributed by atoms with van der Waals surface area (Å²) < 4.78 is 10.8. The fourth-order valence-electron chi connectivity index (χ4n) is 2.92. The van der Waals surface area contributed by atoms with Crippen molar-refractivity contribution < 1.29 is 19.1 Å². The highest BCUT2D eigenvalue weighted by molar-refractivity contribution is 6.49. The second-order valence-corrected chi connectivity index (χ2v) is 5.50. The molecule has 2 heterocycles. The lowest BCUT2D eigenvalue weighted by molar-refractivity contribution is 0.0817. The van der Waals surface area contributed by atoms with Gasteiger partial charge in [-0.3, -0.25) is 9.59 Å². The minimum atomic E-state index is -0.478. The standard InChI is InChI=1S/C18H14O4/c19-17(13-1-3-15-11(9-13)5-7-21-15)18(20)14-2-4-16-12(10-14)6-8-22-16/h1-4,9-10H,5-8H2. The molecular weight excluding hydrogens is 280 g/mol. The Kier molecular flexibility index (Phi) is 2.96. The highest BCUT2D eigenvalue weighted by Crippen LogP contribution is 2.28. The van der Waals surface area contributed by atoms with E-state index in [9.17, 15) is 9.59 Å². The van der Waals surface area contributed by atoms with E-state index in [1.54, 1.807) is 36.4 Å². The number of rotatable bonds is 3. The Bertz CT molecular complexity index is 724. The maximum atomic E-state index is 12.4. The summed E-state index contributed by atoms with van der Waals surface area (Å²) in [7, 11) is 0. The molecule has 0 spiro atoms. The van der Waals surface area contributed by atoms with Crippen LogP contribution < -0.4 is 9.47 Å². The van der Waals surface area contributed by atoms with Crippen molar-refractivity contribution in [1.29, 1.82) is 0 Å². The van der Waals surface area contributed by atoms with E-state index in [0.29, 0.717) is 24.3 Å². The van der Waals surface area contributed by atoms with Crippen LogP contribution in [0.5, 0.6) is 11.5 Å². The summed E-state index contributed by atoms with van der Waals surface area (Å²) in [6.45, 7) is 1.26. The van der Waals surface area contributed by atoms with E-state index in [0.717, 1.165) is 35.5 Å². The maximum Gasteiger partial charge on any atom is 0.233 e. The van der Waals surface area contributed by atoms with Crippen LogP contribution in [-0.4, -0.2) is 24.8 Å². The predicted molar refractivity (Wildman–Crippen MR) is 79.9 cm³/mol. The first kappa shape index (κ1) is 13.1. The Morgan fingerprint density at radius 2 is 1.18 bits per heavy atom. The lowest BCUT2D eigenvalue weighted by Gasteiger charge is -2.05. The van der Waals surface area contributed by atoms with Gasteiger partial charge in [-0.2, -0.15) is 0 Å². The highest BCUT2D eigenvalue weighted by Gasteiger charge is 2.23. The van der Waals surface area contributed by atoms with Crippen LogP contribution in [0.2, 0.25) is 0 Å². The minimum absolute atomic E-state index is 0.422. The molecule has 0 unspecified atom stereocenters. The number of Topliss-reactive ketones (excluding diaryl/α,β-unsaturated/α-hetero) is 2. The summed E-state index contributed by atoms with van der Waals surface area (Å²) in [5.74, 6) is 0.652. The molecule has 4 nitrogen and oxygen atoms in total. The molecule has 0 saturated heterocycles. The largest absolute Gasteiger partial charge is 0.493 e. The van der Waals surface area contributed by atoms with E-state index in [1.165, 1.54) is 0 Å². The molecule has 0 atom stereocenters. The monoisotopic (exact) mass is 294 g/mol. The molecule has 4 heteroatoms. The van der Waals surface area contributed by atoms with Gasteiger partial charge >= 0.3 is 0 Å². The summed E-state index contributed by atoms with van der Waals surface area (Å²) in [6, 6.07) is 10.4. The first-order valence-corrected chi connectivity index (χ1v) is 7.33. The Morgan fingerprint density at radius 3 is 1.64 bits per heavy atom. The van der Waals surface area contributed by atoms with Gasteiger partial charge in [-0.15, -0.1) is 0 Å². The van der Waals surface area contributed by atoms with E-state index in [1.807, 2.05) is 0 Å². The molecule has 0 fully saturated rings. The van der Waals surface area contributed by atoms with Gasteiger partial charge in [0.05, 0.1) is 13.2 Å². The third-order valence-electron chi connectivity index (χ3n) is 4.11. The average molecular weight is 294 g/mol. The molecule has 2 aromatic rings. The summed E-state index contributed by atoms with van der Waals surface area (Å²) in [5, 5.41) is 0. The van der Waals surface area contributed by atoms with Crippen LogP contribution in [0.25, 0.3) is 0 Å². The first-order valence-electron chi connectivity index (χ1n) is 7.33. The summed E-state index contributed by atoms with van der Waals surface area (Å²) in [4.78, 5) is 24.8. The van der Waals surface area contributed by atoms with Gasteiger partial charge in [-0.1, -0.05) is 0 Å². The molecule has 0 saturated carbocycles. The second-order valence-electron chi connectivity index (χ2n) is 5.50. The van der Waals surface area contributed by atoms with Gasteiger partial charge in [-0.05, 0) is 47.5 Å². The number of carbonyl (C=O) groups excluding carboxylic acids is 2. The first-order chi connectivity index (χ1) is 10.7. The Labute approximate surface area is 127 Å². The number of fused-ring (bicyclic) bond motifs is 2. The number of benzene rings is 2. The van der Waals surface area contributed by atoms with Crippen molar-refractivity contribution in [1.82, 2.24) is 0 Å². The molecule has 0 radical (unpaired) electrons. The van der Waals surface area contributed by atoms with Crippen LogP contribution in [0.1, 0.15) is 31.8 Å². The molecule has 0 aliphatic carbocycles. The fourth-order valence-corrected chi connectivity index (χ4v) is 2.92. The Morgan fingerprint density at radius 1 is 0.727 bits per heavy atom. The third-order valence-corrected chi connectivity index (χ3v) is 4.11. The van der Waals surface area contributed by atoms with E-state index >= 15 is 0 Å². The van der Waals surface area contributed by atoms with Gasteiger partial charge in [0.2, 0.25) is 11.6 Å². The van der Waals surface area contributed by atoms with Gasteiger partial charge in [0.1, 0.15) is 11.5 Å². The molecule has 110 valence electrons. The SMILES string of the molecule is O=C(C(=O)c1ccc2c(c1)CCO2)c1ccc2c(c1)CCO2. The molecule has 0 aromatic heterocycles. The van der Waals surface area contributed by atoms with Gasteiger partial charge in [0.15, 0.2) is 0 Å². The zero-order valence-electron chi connectivity index (χ0n) is 11.9. The van der Waals surface area contributed by atoms with E-state index < -0.39 is 11.6 Å². The van der Waals surface area contributed by atoms with Crippen molar-refractivity contribution in [3.63, 3.8) is 0 Å². The summed E-state index contributed by atoms with van der Waals surface area (Å²) in [6.07, 6.45) is 1.56. The molecule has 2 aromatic carbocycles. The van der Waals surface area contributed by atoms with Crippen LogP contribution in [0.15, 0.2) is 36.4 Å². The van der Waals surface area contributed by atoms with Crippen molar-refractivity contribution in [2.75, 3.05) is 13.2 Å². The van der Waals surface area contributed by atoms with Gasteiger partial charge in [0, 0.05) is 24.0 Å². The highest BCUT2D eigenvalue weighted by atomic mass is 16.5. The van der Waals surface area contributed by atoms with Crippen LogP contribution in [-0.2, 0) is 12.8 Å². The maximum absolute atomic E-state index is 12.4. The normalized spacial score (nSPS) is 14.7. The van der Waals surface area contributed by atoms with Crippen LogP contribution >= 0.6 is 0 Å². The molecule has 2 aliphatic heterocycles. The van der Waals surface area contributed by atoms with E-state index in [2.05, 4.69) is 0 Å². The zero-order chi connectivity index (χ0) is 15.1. The van der Waals surface area contributed by atoms with Crippen LogP contribution in [0, 0.1) is 0 Å². The topological polar surface area (TPSA) is 52.6 Å². The van der Waals surface area contributed by atoms with Crippen molar-refractivity contribution in [3.05, 3.63) is 58.7 Å². The summed E-state index contributed by atoms with van der Waals surface area (Å²) >= 11 is 0. The van der Waals surface area contributed by atoms with Crippen LogP contribution in [0.4, 0.5) is 0 Å². The number of hydrogen-bond acceptors (Lipinski definition) is 4. The minimum Gasteiger partial charge on any atom is -0.493 e. The predicted octanol–water partition coefficient (Wildman–Crippen LogP) is 2.62. The molecule has 22 heavy (non-hydrogen) atoms.